The fourth-order valence-electron chi connectivity index (χ4n) is 3.41. The molecule has 1 aromatic heterocycles. The molecule has 1 saturated heterocycles. The highest BCUT2D eigenvalue weighted by Gasteiger charge is 2.31. The van der Waals surface area contributed by atoms with Gasteiger partial charge in [-0.2, -0.15) is 11.8 Å². The predicted molar refractivity (Wildman–Crippen MR) is 128 cm³/mol. The van der Waals surface area contributed by atoms with Crippen LogP contribution < -0.4 is 10.6 Å². The van der Waals surface area contributed by atoms with Gasteiger partial charge in [0.25, 0.3) is 0 Å². The average Bonchev–Trinajstić information content (AvgIpc) is 3.09. The van der Waals surface area contributed by atoms with Gasteiger partial charge >= 0.3 is 0 Å². The second-order valence-corrected chi connectivity index (χ2v) is 8.15. The number of hydrogen-bond donors (Lipinski definition) is 3. The molecule has 3 N–H and O–H groups in total. The fourth-order valence-corrected chi connectivity index (χ4v) is 4.18. The third-order valence-electron chi connectivity index (χ3n) is 5.12. The van der Waals surface area contributed by atoms with E-state index in [2.05, 4.69) is 28.8 Å². The maximum Gasteiger partial charge on any atom is 0.191 e. The molecule has 0 atom stereocenters. The number of fused-ring (bicyclic) bond motifs is 1. The quantitative estimate of drug-likeness (QED) is 0.294. The minimum absolute atomic E-state index is 0. The first-order valence-electron chi connectivity index (χ1n) is 9.56. The Morgan fingerprint density at radius 2 is 2.11 bits per heavy atom. The summed E-state index contributed by atoms with van der Waals surface area (Å²) in [5, 5.41) is 7.68. The van der Waals surface area contributed by atoms with Gasteiger partial charge in [0.1, 0.15) is 5.82 Å². The first kappa shape index (κ1) is 23.3. The van der Waals surface area contributed by atoms with Crippen LogP contribution in [0.25, 0.3) is 10.9 Å². The summed E-state index contributed by atoms with van der Waals surface area (Å²) >= 11 is 1.90. The van der Waals surface area contributed by atoms with Crippen molar-refractivity contribution in [2.45, 2.75) is 30.9 Å². The number of aromatic amines is 1. The van der Waals surface area contributed by atoms with Gasteiger partial charge in [0, 0.05) is 48.2 Å². The molecular weight excluding hydrogens is 490 g/mol. The van der Waals surface area contributed by atoms with Crippen molar-refractivity contribution < 1.29 is 9.13 Å². The fraction of sp³-hybridized carbons (Fsp3) is 0.550. The number of ether oxygens (including phenoxy) is 1. The van der Waals surface area contributed by atoms with Crippen LogP contribution in [0.15, 0.2) is 29.4 Å². The summed E-state index contributed by atoms with van der Waals surface area (Å²) in [5.41, 5.74) is 2.08. The van der Waals surface area contributed by atoms with Gasteiger partial charge in [0.15, 0.2) is 5.96 Å². The molecule has 156 valence electrons. The zero-order valence-electron chi connectivity index (χ0n) is 16.5. The number of hydrogen-bond acceptors (Lipinski definition) is 3. The van der Waals surface area contributed by atoms with E-state index in [4.69, 9.17) is 9.73 Å². The number of nitrogens with one attached hydrogen (secondary N) is 3. The second-order valence-electron chi connectivity index (χ2n) is 6.88. The van der Waals surface area contributed by atoms with Crippen LogP contribution in [0, 0.1) is 5.82 Å². The van der Waals surface area contributed by atoms with Crippen molar-refractivity contribution in [1.29, 1.82) is 0 Å². The van der Waals surface area contributed by atoms with E-state index in [1.807, 2.05) is 18.0 Å². The van der Waals surface area contributed by atoms with E-state index in [-0.39, 0.29) is 34.5 Å². The lowest BCUT2D eigenvalue weighted by Crippen LogP contribution is -2.41. The molecular formula is C20H30FIN4OS. The predicted octanol–water partition coefficient (Wildman–Crippen LogP) is 3.93. The Labute approximate surface area is 187 Å². The molecule has 0 amide bonds. The van der Waals surface area contributed by atoms with E-state index in [9.17, 15) is 4.39 Å². The number of thioether (sulfide) groups is 1. The molecule has 3 rings (SSSR count). The van der Waals surface area contributed by atoms with E-state index < -0.39 is 0 Å². The molecule has 28 heavy (non-hydrogen) atoms. The smallest absolute Gasteiger partial charge is 0.191 e. The largest absolute Gasteiger partial charge is 0.381 e. The Bertz CT molecular complexity index is 777. The van der Waals surface area contributed by atoms with Gasteiger partial charge in [-0.25, -0.2) is 4.39 Å². The molecule has 2 aromatic rings. The third kappa shape index (κ3) is 6.00. The molecule has 0 saturated carbocycles. The molecule has 0 unspecified atom stereocenters. The Morgan fingerprint density at radius 1 is 1.32 bits per heavy atom. The van der Waals surface area contributed by atoms with E-state index >= 15 is 0 Å². The number of H-pyrrole nitrogens is 1. The summed E-state index contributed by atoms with van der Waals surface area (Å²) in [6.07, 6.45) is 7.00. The van der Waals surface area contributed by atoms with Crippen LogP contribution in [-0.2, 0) is 11.2 Å². The minimum Gasteiger partial charge on any atom is -0.381 e. The average molecular weight is 520 g/mol. The van der Waals surface area contributed by atoms with Crippen LogP contribution in [0.3, 0.4) is 0 Å². The van der Waals surface area contributed by atoms with Crippen molar-refractivity contribution in [2.75, 3.05) is 39.1 Å². The van der Waals surface area contributed by atoms with Crippen molar-refractivity contribution in [3.05, 3.63) is 35.8 Å². The van der Waals surface area contributed by atoms with Crippen LogP contribution in [0.1, 0.15) is 25.3 Å². The van der Waals surface area contributed by atoms with Gasteiger partial charge in [0.05, 0.1) is 6.54 Å². The molecule has 1 aliphatic heterocycles. The highest BCUT2D eigenvalue weighted by atomic mass is 127. The third-order valence-corrected chi connectivity index (χ3v) is 6.53. The maximum absolute atomic E-state index is 13.5. The molecule has 0 spiro atoms. The molecule has 2 heterocycles. The van der Waals surface area contributed by atoms with Crippen LogP contribution in [-0.4, -0.2) is 54.8 Å². The summed E-state index contributed by atoms with van der Waals surface area (Å²) in [6.45, 7) is 6.04. The summed E-state index contributed by atoms with van der Waals surface area (Å²) in [5.74, 6) is 0.633. The highest BCUT2D eigenvalue weighted by molar-refractivity contribution is 14.0. The summed E-state index contributed by atoms with van der Waals surface area (Å²) in [6, 6.07) is 4.85. The van der Waals surface area contributed by atoms with Crippen LogP contribution >= 0.6 is 35.7 Å². The minimum atomic E-state index is -0.204. The van der Waals surface area contributed by atoms with E-state index in [1.54, 1.807) is 12.1 Å². The summed E-state index contributed by atoms with van der Waals surface area (Å²) in [7, 11) is 0. The number of aromatic nitrogens is 1. The molecule has 5 nitrogen and oxygen atoms in total. The van der Waals surface area contributed by atoms with E-state index in [1.165, 1.54) is 6.07 Å². The van der Waals surface area contributed by atoms with E-state index in [0.717, 1.165) is 74.5 Å². The lowest BCUT2D eigenvalue weighted by atomic mass is 9.99. The van der Waals surface area contributed by atoms with Crippen molar-refractivity contribution in [2.24, 2.45) is 4.99 Å². The van der Waals surface area contributed by atoms with Gasteiger partial charge in [0.2, 0.25) is 0 Å². The van der Waals surface area contributed by atoms with Gasteiger partial charge in [-0.15, -0.1) is 24.0 Å². The zero-order valence-corrected chi connectivity index (χ0v) is 19.7. The van der Waals surface area contributed by atoms with Crippen LogP contribution in [0.5, 0.6) is 0 Å². The zero-order chi connectivity index (χ0) is 19.1. The Hall–Kier alpha value is -1.00. The molecule has 0 aliphatic carbocycles. The first-order chi connectivity index (χ1) is 13.2. The first-order valence-corrected chi connectivity index (χ1v) is 10.8. The van der Waals surface area contributed by atoms with E-state index in [0.29, 0.717) is 0 Å². The van der Waals surface area contributed by atoms with Gasteiger partial charge in [-0.1, -0.05) is 0 Å². The molecule has 0 radical (unpaired) electrons. The lowest BCUT2D eigenvalue weighted by Gasteiger charge is -2.34. The standard InChI is InChI=1S/C20H29FN4OS.HI/c1-3-22-19(25-14-20(27-2)7-10-26-11-8-20)23-9-6-15-13-24-18-5-4-16(21)12-17(15)18;/h4-5,12-13,24H,3,6-11,14H2,1-2H3,(H2,22,23,25);1H. The molecule has 1 aromatic carbocycles. The molecule has 8 heteroatoms. The number of halogens is 2. The van der Waals surface area contributed by atoms with Crippen LogP contribution in [0.2, 0.25) is 0 Å². The van der Waals surface area contributed by atoms with Crippen molar-refractivity contribution >= 4 is 52.6 Å². The maximum atomic E-state index is 13.5. The second kappa shape index (κ2) is 11.3. The Balaban J connectivity index is 0.00000280. The summed E-state index contributed by atoms with van der Waals surface area (Å²) in [4.78, 5) is 8.03. The van der Waals surface area contributed by atoms with Gasteiger partial charge in [-0.05, 0) is 56.2 Å². The number of rotatable bonds is 7. The Kier molecular flexibility index (Phi) is 9.36. The number of aliphatic imine (C=N–C) groups is 1. The van der Waals surface area contributed by atoms with Crippen molar-refractivity contribution in [3.8, 4) is 0 Å². The Morgan fingerprint density at radius 3 is 2.82 bits per heavy atom. The number of benzene rings is 1. The summed E-state index contributed by atoms with van der Waals surface area (Å²) < 4.78 is 19.2. The van der Waals surface area contributed by atoms with Crippen LogP contribution in [0.4, 0.5) is 4.39 Å². The van der Waals surface area contributed by atoms with Gasteiger partial charge < -0.3 is 20.4 Å². The topological polar surface area (TPSA) is 61.4 Å². The molecule has 1 fully saturated rings. The normalized spacial score (nSPS) is 16.6. The SMILES string of the molecule is CCNC(=NCC1(SC)CCOCC1)NCCc1c[nH]c2ccc(F)cc12.I. The van der Waals surface area contributed by atoms with Crippen molar-refractivity contribution in [1.82, 2.24) is 15.6 Å². The lowest BCUT2D eigenvalue weighted by molar-refractivity contribution is 0.0794. The molecule has 0 bridgehead atoms. The number of nitrogens with zero attached hydrogens (tertiary/aromatic N) is 1. The number of guanidine groups is 1. The monoisotopic (exact) mass is 520 g/mol. The van der Waals surface area contributed by atoms with Crippen molar-refractivity contribution in [3.63, 3.8) is 0 Å². The van der Waals surface area contributed by atoms with Gasteiger partial charge in [-0.3, -0.25) is 4.99 Å². The molecule has 1 aliphatic rings. The highest BCUT2D eigenvalue weighted by Crippen LogP contribution is 2.33.